The van der Waals surface area contributed by atoms with Gasteiger partial charge in [-0.15, -0.1) is 0 Å². The van der Waals surface area contributed by atoms with Crippen molar-refractivity contribution in [3.63, 3.8) is 0 Å². The number of esters is 1. The number of rotatable bonds is 5. The molecule has 1 aromatic rings. The van der Waals surface area contributed by atoms with E-state index in [0.29, 0.717) is 6.54 Å². The molecule has 0 bridgehead atoms. The van der Waals surface area contributed by atoms with Crippen molar-refractivity contribution < 1.29 is 19.4 Å². The van der Waals surface area contributed by atoms with Crippen molar-refractivity contribution in [2.75, 3.05) is 6.61 Å². The number of benzene rings is 1. The highest BCUT2D eigenvalue weighted by Crippen LogP contribution is 2.31. The van der Waals surface area contributed by atoms with E-state index in [0.717, 1.165) is 5.56 Å². The van der Waals surface area contributed by atoms with E-state index in [-0.39, 0.29) is 6.61 Å². The Balaban J connectivity index is 2.03. The molecule has 0 aliphatic carbocycles. The number of ether oxygens (including phenoxy) is 1. The van der Waals surface area contributed by atoms with Crippen LogP contribution in [0.3, 0.4) is 0 Å². The molecule has 0 aromatic heterocycles. The Hall–Kier alpha value is -1.88. The highest BCUT2D eigenvalue weighted by atomic mass is 16.5. The number of hydrogen-bond acceptors (Lipinski definition) is 4. The molecular formula is C13H15NO4. The van der Waals surface area contributed by atoms with Crippen molar-refractivity contribution >= 4 is 11.9 Å². The van der Waals surface area contributed by atoms with Crippen LogP contribution >= 0.6 is 0 Å². The normalized spacial score (nSPS) is 25.5. The van der Waals surface area contributed by atoms with E-state index in [1.54, 1.807) is 11.8 Å². The van der Waals surface area contributed by atoms with Crippen LogP contribution < -0.4 is 0 Å². The molecule has 18 heavy (non-hydrogen) atoms. The minimum Gasteiger partial charge on any atom is -0.480 e. The van der Waals surface area contributed by atoms with Crippen molar-refractivity contribution in [3.8, 4) is 0 Å². The van der Waals surface area contributed by atoms with E-state index >= 15 is 0 Å². The third-order valence-electron chi connectivity index (χ3n) is 2.91. The molecule has 3 atom stereocenters. The summed E-state index contributed by atoms with van der Waals surface area (Å²) in [6, 6.07) is 8.05. The van der Waals surface area contributed by atoms with Crippen LogP contribution in [0.4, 0.5) is 0 Å². The second kappa shape index (κ2) is 5.18. The lowest BCUT2D eigenvalue weighted by atomic mass is 10.2. The van der Waals surface area contributed by atoms with Gasteiger partial charge in [-0.25, -0.2) is 0 Å². The molecular weight excluding hydrogens is 234 g/mol. The van der Waals surface area contributed by atoms with Gasteiger partial charge in [-0.2, -0.15) is 0 Å². The van der Waals surface area contributed by atoms with E-state index in [1.165, 1.54) is 0 Å². The molecule has 1 aliphatic heterocycles. The molecule has 5 nitrogen and oxygen atoms in total. The fourth-order valence-corrected chi connectivity index (χ4v) is 2.04. The first-order chi connectivity index (χ1) is 8.65. The largest absolute Gasteiger partial charge is 0.480 e. The zero-order valence-electron chi connectivity index (χ0n) is 10.1. The van der Waals surface area contributed by atoms with Crippen molar-refractivity contribution in [1.82, 2.24) is 4.90 Å². The van der Waals surface area contributed by atoms with Crippen LogP contribution in [0.1, 0.15) is 12.5 Å². The number of carbonyl (C=O) groups is 2. The molecule has 1 saturated heterocycles. The van der Waals surface area contributed by atoms with Crippen LogP contribution in [-0.4, -0.2) is 40.6 Å². The molecule has 0 spiro atoms. The standard InChI is InChI=1S/C13H15NO4/c1-2-18-13(17)11-10(12(15)16)14(11)8-9-6-4-3-5-7-9/h3-7,10-11H,2,8H2,1H3,(H,15,16)/t10-,11-,14?/m0/s1. The molecule has 0 amide bonds. The van der Waals surface area contributed by atoms with E-state index in [4.69, 9.17) is 9.84 Å². The lowest BCUT2D eigenvalue weighted by Gasteiger charge is -2.03. The van der Waals surface area contributed by atoms with Gasteiger partial charge < -0.3 is 9.84 Å². The molecule has 0 saturated carbocycles. The first-order valence-corrected chi connectivity index (χ1v) is 5.84. The van der Waals surface area contributed by atoms with E-state index in [2.05, 4.69) is 0 Å². The van der Waals surface area contributed by atoms with Gasteiger partial charge in [0, 0.05) is 6.54 Å². The van der Waals surface area contributed by atoms with Crippen molar-refractivity contribution in [3.05, 3.63) is 35.9 Å². The summed E-state index contributed by atoms with van der Waals surface area (Å²) in [7, 11) is 0. The van der Waals surface area contributed by atoms with Crippen molar-refractivity contribution in [2.45, 2.75) is 25.6 Å². The first kappa shape index (κ1) is 12.6. The lowest BCUT2D eigenvalue weighted by Crippen LogP contribution is -2.18. The van der Waals surface area contributed by atoms with E-state index in [1.807, 2.05) is 30.3 Å². The van der Waals surface area contributed by atoms with Gasteiger partial charge in [0.2, 0.25) is 0 Å². The molecule has 5 heteroatoms. The minimum absolute atomic E-state index is 0.265. The predicted molar refractivity (Wildman–Crippen MR) is 63.8 cm³/mol. The van der Waals surface area contributed by atoms with Crippen molar-refractivity contribution in [1.29, 1.82) is 0 Å². The highest BCUT2D eigenvalue weighted by Gasteiger charge is 2.58. The topological polar surface area (TPSA) is 66.6 Å². The Bertz CT molecular complexity index is 446. The Morgan fingerprint density at radius 1 is 1.28 bits per heavy atom. The van der Waals surface area contributed by atoms with E-state index < -0.39 is 24.0 Å². The molecule has 1 N–H and O–H groups in total. The van der Waals surface area contributed by atoms with Gasteiger partial charge in [0.15, 0.2) is 0 Å². The average Bonchev–Trinajstić information content (AvgIpc) is 3.05. The number of hydrogen-bond donors (Lipinski definition) is 1. The van der Waals surface area contributed by atoms with Crippen LogP contribution in [-0.2, 0) is 20.9 Å². The summed E-state index contributed by atoms with van der Waals surface area (Å²) in [6.45, 7) is 2.42. The second-order valence-electron chi connectivity index (χ2n) is 4.14. The Labute approximate surface area is 105 Å². The summed E-state index contributed by atoms with van der Waals surface area (Å²) in [5.41, 5.74) is 0.982. The maximum absolute atomic E-state index is 11.6. The molecule has 1 fully saturated rings. The zero-order valence-corrected chi connectivity index (χ0v) is 10.1. The summed E-state index contributed by atoms with van der Waals surface area (Å²) < 4.78 is 4.87. The molecule has 1 aromatic carbocycles. The second-order valence-corrected chi connectivity index (χ2v) is 4.14. The van der Waals surface area contributed by atoms with Crippen LogP contribution in [0.25, 0.3) is 0 Å². The first-order valence-electron chi connectivity index (χ1n) is 5.84. The zero-order chi connectivity index (χ0) is 13.1. The quantitative estimate of drug-likeness (QED) is 0.620. The van der Waals surface area contributed by atoms with Gasteiger partial charge in [0.25, 0.3) is 0 Å². The number of aliphatic carboxylic acids is 1. The monoisotopic (exact) mass is 249 g/mol. The summed E-state index contributed by atoms with van der Waals surface area (Å²) in [5.74, 6) is -1.44. The average molecular weight is 249 g/mol. The van der Waals surface area contributed by atoms with Gasteiger partial charge >= 0.3 is 11.9 Å². The summed E-state index contributed by atoms with van der Waals surface area (Å²) >= 11 is 0. The van der Waals surface area contributed by atoms with Gasteiger partial charge in [-0.3, -0.25) is 14.5 Å². The highest BCUT2D eigenvalue weighted by molar-refractivity contribution is 5.92. The minimum atomic E-state index is -0.982. The van der Waals surface area contributed by atoms with Crippen LogP contribution in [0, 0.1) is 0 Å². The molecule has 0 radical (unpaired) electrons. The third kappa shape index (κ3) is 2.51. The number of nitrogens with zero attached hydrogens (tertiary/aromatic N) is 1. The molecule has 1 heterocycles. The maximum atomic E-state index is 11.6. The predicted octanol–water partition coefficient (Wildman–Crippen LogP) is 0.887. The molecule has 1 unspecified atom stereocenters. The molecule has 2 rings (SSSR count). The fourth-order valence-electron chi connectivity index (χ4n) is 2.04. The van der Waals surface area contributed by atoms with Gasteiger partial charge in [0.1, 0.15) is 12.1 Å². The summed E-state index contributed by atoms with van der Waals surface area (Å²) in [6.07, 6.45) is 0. The van der Waals surface area contributed by atoms with Gasteiger partial charge in [0.05, 0.1) is 6.61 Å². The van der Waals surface area contributed by atoms with Gasteiger partial charge in [-0.1, -0.05) is 30.3 Å². The fraction of sp³-hybridized carbons (Fsp3) is 0.385. The van der Waals surface area contributed by atoms with Crippen LogP contribution in [0.15, 0.2) is 30.3 Å². The number of carbonyl (C=O) groups excluding carboxylic acids is 1. The Morgan fingerprint density at radius 2 is 1.94 bits per heavy atom. The number of carboxylic acid groups (broad SMARTS) is 1. The third-order valence-corrected chi connectivity index (χ3v) is 2.91. The van der Waals surface area contributed by atoms with Crippen LogP contribution in [0.2, 0.25) is 0 Å². The maximum Gasteiger partial charge on any atom is 0.325 e. The summed E-state index contributed by atoms with van der Waals surface area (Å²) in [4.78, 5) is 24.2. The van der Waals surface area contributed by atoms with E-state index in [9.17, 15) is 9.59 Å². The molecule has 96 valence electrons. The Kier molecular flexibility index (Phi) is 3.62. The van der Waals surface area contributed by atoms with Gasteiger partial charge in [-0.05, 0) is 12.5 Å². The van der Waals surface area contributed by atoms with Crippen LogP contribution in [0.5, 0.6) is 0 Å². The number of carboxylic acids is 1. The SMILES string of the molecule is CCOC(=O)[C@@H]1[C@@H](C(=O)O)N1Cc1ccccc1. The summed E-state index contributed by atoms with van der Waals surface area (Å²) in [5, 5.41) is 9.04. The smallest absolute Gasteiger partial charge is 0.325 e. The van der Waals surface area contributed by atoms with Crippen molar-refractivity contribution in [2.24, 2.45) is 0 Å². The lowest BCUT2D eigenvalue weighted by molar-refractivity contribution is -0.145. The molecule has 1 aliphatic rings. The Morgan fingerprint density at radius 3 is 2.50 bits per heavy atom.